The molecule has 0 saturated heterocycles. The second-order valence-corrected chi connectivity index (χ2v) is 8.18. The fraction of sp³-hybridized carbons (Fsp3) is 0.269. The van der Waals surface area contributed by atoms with E-state index in [-0.39, 0.29) is 5.97 Å². The lowest BCUT2D eigenvalue weighted by Crippen LogP contribution is -2.09. The van der Waals surface area contributed by atoms with Crippen molar-refractivity contribution in [1.29, 1.82) is 5.26 Å². The molecular weight excluding hydrogens is 434 g/mol. The third-order valence-corrected chi connectivity index (χ3v) is 5.87. The lowest BCUT2D eigenvalue weighted by atomic mass is 10.1. The first-order valence-electron chi connectivity index (χ1n) is 10.9. The van der Waals surface area contributed by atoms with Gasteiger partial charge in [0, 0.05) is 17.1 Å². The van der Waals surface area contributed by atoms with Gasteiger partial charge >= 0.3 is 5.97 Å². The molecule has 33 heavy (non-hydrogen) atoms. The summed E-state index contributed by atoms with van der Waals surface area (Å²) in [5, 5.41) is 15.3. The summed E-state index contributed by atoms with van der Waals surface area (Å²) in [7, 11) is 1.62. The molecular formula is C26H27N3O3S. The molecule has 0 radical (unpaired) electrons. The van der Waals surface area contributed by atoms with Gasteiger partial charge in [-0.05, 0) is 42.8 Å². The second kappa shape index (κ2) is 12.4. The number of hydrogen-bond donors (Lipinski definition) is 1. The minimum atomic E-state index is -0.377. The van der Waals surface area contributed by atoms with Crippen molar-refractivity contribution in [3.05, 3.63) is 70.7 Å². The maximum atomic E-state index is 12.5. The van der Waals surface area contributed by atoms with Crippen molar-refractivity contribution >= 4 is 28.6 Å². The zero-order valence-electron chi connectivity index (χ0n) is 18.8. The van der Waals surface area contributed by atoms with Crippen LogP contribution in [0.5, 0.6) is 5.75 Å². The van der Waals surface area contributed by atoms with Gasteiger partial charge in [0.2, 0.25) is 0 Å². The molecule has 1 aromatic heterocycles. The van der Waals surface area contributed by atoms with Crippen LogP contribution in [0.4, 0.5) is 5.69 Å². The van der Waals surface area contributed by atoms with Gasteiger partial charge in [-0.15, -0.1) is 11.3 Å². The van der Waals surface area contributed by atoms with Gasteiger partial charge in [0.25, 0.3) is 0 Å². The van der Waals surface area contributed by atoms with Crippen LogP contribution in [0.3, 0.4) is 0 Å². The van der Waals surface area contributed by atoms with Gasteiger partial charge in [-0.2, -0.15) is 5.26 Å². The van der Waals surface area contributed by atoms with E-state index in [2.05, 4.69) is 23.3 Å². The molecule has 0 spiro atoms. The highest BCUT2D eigenvalue weighted by atomic mass is 32.1. The maximum Gasteiger partial charge on any atom is 0.340 e. The zero-order valence-corrected chi connectivity index (χ0v) is 19.7. The number of unbranched alkanes of at least 4 members (excludes halogenated alkanes) is 3. The first-order chi connectivity index (χ1) is 16.2. The molecule has 6 nitrogen and oxygen atoms in total. The number of methoxy groups -OCH3 is 1. The van der Waals surface area contributed by atoms with Crippen LogP contribution in [0.25, 0.3) is 16.8 Å². The third-order valence-electron chi connectivity index (χ3n) is 4.99. The van der Waals surface area contributed by atoms with Gasteiger partial charge in [-0.25, -0.2) is 9.78 Å². The predicted molar refractivity (Wildman–Crippen MR) is 132 cm³/mol. The highest BCUT2D eigenvalue weighted by Gasteiger charge is 2.13. The Bertz CT molecular complexity index is 1130. The Labute approximate surface area is 198 Å². The summed E-state index contributed by atoms with van der Waals surface area (Å²) in [6.45, 7) is 2.54. The predicted octanol–water partition coefficient (Wildman–Crippen LogP) is 6.53. The molecule has 0 unspecified atom stereocenters. The van der Waals surface area contributed by atoms with Gasteiger partial charge in [-0.3, -0.25) is 0 Å². The van der Waals surface area contributed by atoms with Crippen molar-refractivity contribution in [3.63, 3.8) is 0 Å². The Morgan fingerprint density at radius 2 is 1.94 bits per heavy atom. The number of aromatic nitrogens is 1. The number of esters is 1. The lowest BCUT2D eigenvalue weighted by Gasteiger charge is -2.09. The van der Waals surface area contributed by atoms with Crippen molar-refractivity contribution in [2.45, 2.75) is 32.6 Å². The number of carbonyl (C=O) groups is 1. The van der Waals surface area contributed by atoms with Crippen LogP contribution in [0.15, 0.2) is 60.1 Å². The van der Waals surface area contributed by atoms with Crippen molar-refractivity contribution in [2.75, 3.05) is 19.0 Å². The largest absolute Gasteiger partial charge is 0.497 e. The van der Waals surface area contributed by atoms with E-state index in [9.17, 15) is 10.1 Å². The van der Waals surface area contributed by atoms with Gasteiger partial charge in [0.05, 0.1) is 30.7 Å². The zero-order chi connectivity index (χ0) is 23.5. The average Bonchev–Trinajstić information content (AvgIpc) is 3.34. The van der Waals surface area contributed by atoms with Crippen LogP contribution in [0.1, 0.15) is 48.0 Å². The molecule has 0 bridgehead atoms. The van der Waals surface area contributed by atoms with E-state index < -0.39 is 0 Å². The van der Waals surface area contributed by atoms with E-state index in [1.807, 2.05) is 35.7 Å². The fourth-order valence-corrected chi connectivity index (χ4v) is 3.94. The Hall–Kier alpha value is -3.63. The second-order valence-electron chi connectivity index (χ2n) is 7.32. The smallest absolute Gasteiger partial charge is 0.340 e. The molecule has 0 aliphatic rings. The molecule has 0 aliphatic heterocycles. The van der Waals surface area contributed by atoms with E-state index >= 15 is 0 Å². The number of nitrogens with zero attached hydrogens (tertiary/aromatic N) is 2. The molecule has 1 heterocycles. The summed E-state index contributed by atoms with van der Waals surface area (Å²) < 4.78 is 10.6. The van der Waals surface area contributed by atoms with E-state index in [1.165, 1.54) is 11.3 Å². The van der Waals surface area contributed by atoms with Gasteiger partial charge in [0.1, 0.15) is 22.4 Å². The topological polar surface area (TPSA) is 84.2 Å². The summed E-state index contributed by atoms with van der Waals surface area (Å²) in [6.07, 6.45) is 5.74. The van der Waals surface area contributed by atoms with Gasteiger partial charge < -0.3 is 14.8 Å². The molecule has 0 fully saturated rings. The quantitative estimate of drug-likeness (QED) is 0.198. The SMILES string of the molecule is CCCCCCOC(=O)c1ccccc1N/C=C(\C#N)c1nc(-c2ccc(OC)cc2)cs1. The number of nitriles is 1. The number of ether oxygens (including phenoxy) is 2. The maximum absolute atomic E-state index is 12.5. The summed E-state index contributed by atoms with van der Waals surface area (Å²) in [6, 6.07) is 16.9. The van der Waals surface area contributed by atoms with Crippen LogP contribution < -0.4 is 10.1 Å². The Kier molecular flexibility index (Phi) is 9.04. The number of benzene rings is 2. The molecule has 3 rings (SSSR count). The minimum absolute atomic E-state index is 0.377. The number of nitrogens with one attached hydrogen (secondary N) is 1. The Morgan fingerprint density at radius 3 is 2.67 bits per heavy atom. The Morgan fingerprint density at radius 1 is 1.15 bits per heavy atom. The van der Waals surface area contributed by atoms with Gasteiger partial charge in [0.15, 0.2) is 0 Å². The number of carbonyl (C=O) groups excluding carboxylic acids is 1. The molecule has 0 saturated carbocycles. The molecule has 1 N–H and O–H groups in total. The number of allylic oxidation sites excluding steroid dienone is 1. The molecule has 0 aliphatic carbocycles. The first kappa shape index (κ1) is 24.0. The monoisotopic (exact) mass is 461 g/mol. The summed E-state index contributed by atoms with van der Waals surface area (Å²) in [5.74, 6) is 0.395. The third kappa shape index (κ3) is 6.67. The number of para-hydroxylation sites is 1. The Balaban J connectivity index is 1.70. The molecule has 0 amide bonds. The van der Waals surface area contributed by atoms with Crippen LogP contribution in [-0.2, 0) is 4.74 Å². The number of thiazole rings is 1. The summed E-state index contributed by atoms with van der Waals surface area (Å²) in [5.41, 5.74) is 3.11. The highest BCUT2D eigenvalue weighted by molar-refractivity contribution is 7.11. The fourth-order valence-electron chi connectivity index (χ4n) is 3.14. The molecule has 170 valence electrons. The van der Waals surface area contributed by atoms with Crippen molar-refractivity contribution in [2.24, 2.45) is 0 Å². The van der Waals surface area contributed by atoms with E-state index in [0.29, 0.717) is 28.4 Å². The number of anilines is 1. The standard InChI is InChI=1S/C26H27N3O3S/c1-3-4-5-8-15-32-26(30)22-9-6-7-10-23(22)28-17-20(16-27)25-29-24(18-33-25)19-11-13-21(31-2)14-12-19/h6-7,9-14,17-18,28H,3-5,8,15H2,1-2H3/b20-17+. The van der Waals surface area contributed by atoms with Crippen LogP contribution in [0, 0.1) is 11.3 Å². The van der Waals surface area contributed by atoms with Crippen LogP contribution >= 0.6 is 11.3 Å². The lowest BCUT2D eigenvalue weighted by molar-refractivity contribution is 0.0499. The van der Waals surface area contributed by atoms with Crippen molar-refractivity contribution < 1.29 is 14.3 Å². The average molecular weight is 462 g/mol. The highest BCUT2D eigenvalue weighted by Crippen LogP contribution is 2.27. The molecule has 7 heteroatoms. The minimum Gasteiger partial charge on any atom is -0.497 e. The summed E-state index contributed by atoms with van der Waals surface area (Å²) in [4.78, 5) is 17.1. The number of rotatable bonds is 11. The van der Waals surface area contributed by atoms with Crippen molar-refractivity contribution in [1.82, 2.24) is 4.98 Å². The van der Waals surface area contributed by atoms with E-state index in [0.717, 1.165) is 42.7 Å². The van der Waals surface area contributed by atoms with Crippen LogP contribution in [-0.4, -0.2) is 24.7 Å². The molecule has 2 aromatic carbocycles. The normalized spacial score (nSPS) is 11.0. The molecule has 3 aromatic rings. The van der Waals surface area contributed by atoms with E-state index in [4.69, 9.17) is 9.47 Å². The van der Waals surface area contributed by atoms with Gasteiger partial charge in [-0.1, -0.05) is 38.3 Å². The van der Waals surface area contributed by atoms with Crippen molar-refractivity contribution in [3.8, 4) is 23.1 Å². The van der Waals surface area contributed by atoms with E-state index in [1.54, 1.807) is 31.5 Å². The first-order valence-corrected chi connectivity index (χ1v) is 11.8. The molecule has 0 atom stereocenters. The van der Waals surface area contributed by atoms with Crippen LogP contribution in [0.2, 0.25) is 0 Å². The summed E-state index contributed by atoms with van der Waals surface area (Å²) >= 11 is 1.39. The number of hydrogen-bond acceptors (Lipinski definition) is 7.